The molecule has 104 valence electrons. The minimum absolute atomic E-state index is 0.176. The molecule has 0 spiro atoms. The molecule has 0 amide bonds. The Bertz CT molecular complexity index is 231. The molecule has 18 heavy (non-hydrogen) atoms. The molecule has 0 aromatic rings. The maximum atomic E-state index is 9.60. The Morgan fingerprint density at radius 2 is 1.11 bits per heavy atom. The number of carbonyl (C=O) groups is 2. The van der Waals surface area contributed by atoms with Crippen molar-refractivity contribution in [1.82, 2.24) is 0 Å². The van der Waals surface area contributed by atoms with Gasteiger partial charge in [-0.15, -0.1) is 0 Å². The Morgan fingerprint density at radius 3 is 1.17 bits per heavy atom. The minimum Gasteiger partial charge on any atom is -0.478 e. The van der Waals surface area contributed by atoms with E-state index in [0.29, 0.717) is 0 Å². The monoisotopic (exact) mass is 260 g/mol. The second-order valence-corrected chi connectivity index (χ2v) is 3.52. The number of hydrogen-bond acceptors (Lipinski definition) is 4. The van der Waals surface area contributed by atoms with Crippen molar-refractivity contribution in [2.45, 2.75) is 26.7 Å². The first-order chi connectivity index (χ1) is 8.29. The lowest BCUT2D eigenvalue weighted by molar-refractivity contribution is -0.312. The Morgan fingerprint density at radius 1 is 0.889 bits per heavy atom. The summed E-state index contributed by atoms with van der Waals surface area (Å²) < 4.78 is 0. The molecular formula is C12H20O6. The number of rotatable bonds is 2. The summed E-state index contributed by atoms with van der Waals surface area (Å²) in [5, 5.41) is 15.8. The van der Waals surface area contributed by atoms with E-state index in [2.05, 4.69) is 22.9 Å². The second-order valence-electron chi connectivity index (χ2n) is 3.52. The van der Waals surface area contributed by atoms with E-state index in [4.69, 9.17) is 10.2 Å². The zero-order valence-electron chi connectivity index (χ0n) is 10.8. The molecule has 0 aromatic carbocycles. The van der Waals surface area contributed by atoms with Gasteiger partial charge in [-0.3, -0.25) is 0 Å². The van der Waals surface area contributed by atoms with E-state index < -0.39 is 11.9 Å². The lowest BCUT2D eigenvalue weighted by atomic mass is 10.3. The van der Waals surface area contributed by atoms with Gasteiger partial charge in [0.1, 0.15) is 0 Å². The molecule has 1 rings (SSSR count). The smallest absolute Gasteiger partial charge is 0.330 e. The molecule has 0 aromatic heterocycles. The van der Waals surface area contributed by atoms with Crippen LogP contribution in [0.5, 0.6) is 0 Å². The van der Waals surface area contributed by atoms with Crippen LogP contribution in [0.1, 0.15) is 26.7 Å². The van der Waals surface area contributed by atoms with E-state index in [1.807, 2.05) is 0 Å². The van der Waals surface area contributed by atoms with Crippen LogP contribution in [0.3, 0.4) is 0 Å². The van der Waals surface area contributed by atoms with E-state index in [1.54, 1.807) is 0 Å². The Balaban J connectivity index is 0. The summed E-state index contributed by atoms with van der Waals surface area (Å²) in [5.74, 6) is -1.87. The molecule has 1 fully saturated rings. The summed E-state index contributed by atoms with van der Waals surface area (Å²) in [5.41, 5.74) is 0.352. The number of hydrogen-bond donors (Lipinski definition) is 2. The highest BCUT2D eigenvalue weighted by molar-refractivity contribution is 5.85. The number of carboxylic acids is 2. The maximum Gasteiger partial charge on any atom is 0.330 e. The maximum absolute atomic E-state index is 9.60. The van der Waals surface area contributed by atoms with Gasteiger partial charge in [0.25, 0.3) is 0 Å². The van der Waals surface area contributed by atoms with Gasteiger partial charge in [-0.1, -0.05) is 13.2 Å². The summed E-state index contributed by atoms with van der Waals surface area (Å²) in [7, 11) is 0. The molecule has 1 aliphatic heterocycles. The van der Waals surface area contributed by atoms with Gasteiger partial charge in [0.15, 0.2) is 0 Å². The quantitative estimate of drug-likeness (QED) is 0.583. The third-order valence-corrected chi connectivity index (χ3v) is 1.52. The van der Waals surface area contributed by atoms with Gasteiger partial charge >= 0.3 is 11.9 Å². The van der Waals surface area contributed by atoms with Crippen LogP contribution >= 0.6 is 0 Å². The lowest BCUT2D eigenvalue weighted by Crippen LogP contribution is -2.05. The predicted octanol–water partition coefficient (Wildman–Crippen LogP) is 2.02. The van der Waals surface area contributed by atoms with Crippen LogP contribution < -0.4 is 0 Å². The summed E-state index contributed by atoms with van der Waals surface area (Å²) in [6.07, 6.45) is 2.31. The van der Waals surface area contributed by atoms with Crippen molar-refractivity contribution in [3.63, 3.8) is 0 Å². The topological polar surface area (TPSA) is 93.1 Å². The first-order valence-corrected chi connectivity index (χ1v) is 5.31. The molecule has 6 nitrogen and oxygen atoms in total. The van der Waals surface area contributed by atoms with Crippen LogP contribution in [0.25, 0.3) is 0 Å². The second kappa shape index (κ2) is 11.8. The summed E-state index contributed by atoms with van der Waals surface area (Å²) in [6.45, 7) is 10.8. The van der Waals surface area contributed by atoms with Crippen LogP contribution in [-0.2, 0) is 19.4 Å². The molecule has 0 aliphatic carbocycles. The summed E-state index contributed by atoms with van der Waals surface area (Å²) >= 11 is 0. The molecule has 1 aliphatic rings. The first kappa shape index (κ1) is 18.7. The number of aliphatic carboxylic acids is 2. The van der Waals surface area contributed by atoms with E-state index in [1.165, 1.54) is 13.8 Å². The molecule has 0 unspecified atom stereocenters. The fourth-order valence-corrected chi connectivity index (χ4v) is 0.440. The van der Waals surface area contributed by atoms with E-state index in [-0.39, 0.29) is 11.1 Å². The van der Waals surface area contributed by atoms with Gasteiger partial charge < -0.3 is 10.2 Å². The average Bonchev–Trinajstić information content (AvgIpc) is 2.32. The van der Waals surface area contributed by atoms with Gasteiger partial charge in [-0.05, 0) is 26.7 Å². The Labute approximate surface area is 106 Å². The number of carboxylic acid groups (broad SMARTS) is 2. The van der Waals surface area contributed by atoms with Crippen molar-refractivity contribution in [1.29, 1.82) is 0 Å². The average molecular weight is 260 g/mol. The fraction of sp³-hybridized carbons (Fsp3) is 0.500. The minimum atomic E-state index is -0.935. The van der Waals surface area contributed by atoms with Crippen LogP contribution in [0, 0.1) is 0 Å². The lowest BCUT2D eigenvalue weighted by Gasteiger charge is -2.07. The fourth-order valence-electron chi connectivity index (χ4n) is 0.440. The molecule has 6 heteroatoms. The zero-order valence-corrected chi connectivity index (χ0v) is 10.8. The molecule has 0 atom stereocenters. The molecule has 2 N–H and O–H groups in total. The molecule has 0 radical (unpaired) electrons. The Kier molecular flexibility index (Phi) is 12.3. The standard InChI is InChI=1S/C4H8O2.2C4H6O2/c1-2-4-6-5-3-1;2*1-3(2)4(5)6/h1-4H2;2*1H2,2H3,(H,5,6). The first-order valence-electron chi connectivity index (χ1n) is 5.31. The van der Waals surface area contributed by atoms with Crippen molar-refractivity contribution in [2.24, 2.45) is 0 Å². The van der Waals surface area contributed by atoms with Crippen molar-refractivity contribution >= 4 is 11.9 Å². The van der Waals surface area contributed by atoms with Crippen LogP contribution in [0.4, 0.5) is 0 Å². The summed E-state index contributed by atoms with van der Waals surface area (Å²) in [4.78, 5) is 28.3. The van der Waals surface area contributed by atoms with Crippen LogP contribution in [0.2, 0.25) is 0 Å². The highest BCUT2D eigenvalue weighted by Gasteiger charge is 1.95. The largest absolute Gasteiger partial charge is 0.478 e. The van der Waals surface area contributed by atoms with E-state index in [0.717, 1.165) is 26.1 Å². The Hall–Kier alpha value is -1.66. The van der Waals surface area contributed by atoms with Crippen LogP contribution in [0.15, 0.2) is 24.3 Å². The van der Waals surface area contributed by atoms with Gasteiger partial charge in [-0.25, -0.2) is 19.4 Å². The van der Waals surface area contributed by atoms with Gasteiger partial charge in [0.2, 0.25) is 0 Å². The van der Waals surface area contributed by atoms with Gasteiger partial charge in [0.05, 0.1) is 13.2 Å². The van der Waals surface area contributed by atoms with E-state index in [9.17, 15) is 9.59 Å². The van der Waals surface area contributed by atoms with Gasteiger partial charge in [0, 0.05) is 11.1 Å². The SMILES string of the molecule is C1CCOOC1.C=C(C)C(=O)O.C=C(C)C(=O)O. The summed E-state index contributed by atoms with van der Waals surface area (Å²) in [6, 6.07) is 0. The molecule has 1 saturated heterocycles. The molecule has 0 saturated carbocycles. The van der Waals surface area contributed by atoms with Crippen molar-refractivity contribution in [3.05, 3.63) is 24.3 Å². The predicted molar refractivity (Wildman–Crippen MR) is 66.0 cm³/mol. The highest BCUT2D eigenvalue weighted by Crippen LogP contribution is 1.97. The molecule has 0 bridgehead atoms. The van der Waals surface area contributed by atoms with Crippen molar-refractivity contribution in [2.75, 3.05) is 13.2 Å². The third-order valence-electron chi connectivity index (χ3n) is 1.52. The normalized spacial score (nSPS) is 13.0. The van der Waals surface area contributed by atoms with Crippen LogP contribution in [-0.4, -0.2) is 35.4 Å². The van der Waals surface area contributed by atoms with Crippen molar-refractivity contribution in [3.8, 4) is 0 Å². The molecular weight excluding hydrogens is 240 g/mol. The van der Waals surface area contributed by atoms with Gasteiger partial charge in [-0.2, -0.15) is 0 Å². The zero-order chi connectivity index (χ0) is 14.6. The molecule has 1 heterocycles. The third kappa shape index (κ3) is 16.8. The van der Waals surface area contributed by atoms with Crippen molar-refractivity contribution < 1.29 is 29.6 Å². The highest BCUT2D eigenvalue weighted by atomic mass is 17.2. The van der Waals surface area contributed by atoms with E-state index >= 15 is 0 Å².